The van der Waals surface area contributed by atoms with Gasteiger partial charge in [-0.25, -0.2) is 19.3 Å². The quantitative estimate of drug-likeness (QED) is 0.687. The normalized spacial score (nSPS) is 17.0. The summed E-state index contributed by atoms with van der Waals surface area (Å²) in [6.07, 6.45) is 4.05. The zero-order valence-corrected chi connectivity index (χ0v) is 15.0. The fourth-order valence-corrected chi connectivity index (χ4v) is 3.57. The summed E-state index contributed by atoms with van der Waals surface area (Å²) in [4.78, 5) is 28.1. The monoisotopic (exact) mass is 369 g/mol. The van der Waals surface area contributed by atoms with E-state index in [-0.39, 0.29) is 11.6 Å². The number of hydrogen-bond donors (Lipinski definition) is 0. The fourth-order valence-electron chi connectivity index (χ4n) is 3.57. The molecule has 1 unspecified atom stereocenters. The molecule has 0 N–H and O–H groups in total. The average Bonchev–Trinajstić information content (AvgIpc) is 3.17. The van der Waals surface area contributed by atoms with E-state index in [2.05, 4.69) is 9.97 Å². The van der Waals surface area contributed by atoms with E-state index < -0.39 is 5.82 Å². The van der Waals surface area contributed by atoms with Crippen LogP contribution >= 0.6 is 0 Å². The second-order valence-corrected chi connectivity index (χ2v) is 6.49. The first kappa shape index (κ1) is 17.5. The molecule has 27 heavy (non-hydrogen) atoms. The smallest absolute Gasteiger partial charge is 0.261 e. The van der Waals surface area contributed by atoms with E-state index >= 15 is 0 Å². The second kappa shape index (κ2) is 7.40. The van der Waals surface area contributed by atoms with Crippen LogP contribution in [0, 0.1) is 5.82 Å². The van der Waals surface area contributed by atoms with Crippen LogP contribution in [0.25, 0.3) is 10.9 Å². The molecule has 2 aromatic heterocycles. The summed E-state index contributed by atoms with van der Waals surface area (Å²) in [5, 5.41) is 0.583. The highest BCUT2D eigenvalue weighted by molar-refractivity contribution is 5.77. The molecule has 1 aliphatic rings. The predicted molar refractivity (Wildman–Crippen MR) is 99.2 cm³/mol. The minimum Gasteiger partial charge on any atom is -0.383 e. The maximum absolute atomic E-state index is 13.2. The lowest BCUT2D eigenvalue weighted by Gasteiger charge is -2.26. The third-order valence-corrected chi connectivity index (χ3v) is 4.82. The van der Waals surface area contributed by atoms with Crippen molar-refractivity contribution in [2.45, 2.75) is 25.4 Å². The summed E-state index contributed by atoms with van der Waals surface area (Å²) in [6.45, 7) is 1.55. The summed E-state index contributed by atoms with van der Waals surface area (Å²) in [7, 11) is 1.60. The lowest BCUT2D eigenvalue weighted by Crippen LogP contribution is -2.33. The number of ether oxygens (including phenoxy) is 1. The van der Waals surface area contributed by atoms with E-state index in [1.54, 1.807) is 17.7 Å². The van der Waals surface area contributed by atoms with Crippen molar-refractivity contribution in [2.75, 3.05) is 25.2 Å². The second-order valence-electron chi connectivity index (χ2n) is 6.49. The topological polar surface area (TPSA) is 73.1 Å². The van der Waals surface area contributed by atoms with E-state index in [1.807, 2.05) is 23.1 Å². The molecule has 7 nitrogen and oxygen atoms in total. The van der Waals surface area contributed by atoms with Crippen LogP contribution in [-0.2, 0) is 11.3 Å². The molecule has 1 atom stereocenters. The van der Waals surface area contributed by atoms with Crippen LogP contribution in [0.3, 0.4) is 0 Å². The lowest BCUT2D eigenvalue weighted by atomic mass is 10.1. The number of fused-ring (bicyclic) bond motifs is 1. The zero-order valence-electron chi connectivity index (χ0n) is 15.0. The molecule has 3 aromatic rings. The van der Waals surface area contributed by atoms with Gasteiger partial charge in [-0.15, -0.1) is 0 Å². The molecule has 0 bridgehead atoms. The van der Waals surface area contributed by atoms with Gasteiger partial charge in [0, 0.05) is 13.7 Å². The Kier molecular flexibility index (Phi) is 4.81. The molecular formula is C19H20FN5O2. The van der Waals surface area contributed by atoms with Crippen LogP contribution in [-0.4, -0.2) is 39.8 Å². The van der Waals surface area contributed by atoms with Crippen molar-refractivity contribution in [1.29, 1.82) is 0 Å². The van der Waals surface area contributed by atoms with E-state index in [9.17, 15) is 9.18 Å². The Hall–Kier alpha value is -2.87. The van der Waals surface area contributed by atoms with E-state index in [4.69, 9.17) is 9.72 Å². The highest BCUT2D eigenvalue weighted by Gasteiger charge is 2.32. The Morgan fingerprint density at radius 2 is 2.04 bits per heavy atom. The maximum Gasteiger partial charge on any atom is 0.261 e. The van der Waals surface area contributed by atoms with Gasteiger partial charge in [-0.05, 0) is 25.0 Å². The first-order valence-corrected chi connectivity index (χ1v) is 8.91. The Labute approximate surface area is 155 Å². The number of benzene rings is 1. The molecule has 0 aliphatic carbocycles. The van der Waals surface area contributed by atoms with Crippen LogP contribution < -0.4 is 10.5 Å². The minimum atomic E-state index is -0.477. The number of anilines is 1. The molecule has 0 spiro atoms. The molecule has 8 heteroatoms. The molecule has 140 valence electrons. The average molecular weight is 369 g/mol. The third kappa shape index (κ3) is 3.28. The van der Waals surface area contributed by atoms with Gasteiger partial charge in [0.1, 0.15) is 5.82 Å². The highest BCUT2D eigenvalue weighted by Crippen LogP contribution is 2.33. The molecule has 1 aliphatic heterocycles. The van der Waals surface area contributed by atoms with Gasteiger partial charge in [-0.1, -0.05) is 12.1 Å². The van der Waals surface area contributed by atoms with E-state index in [0.29, 0.717) is 35.8 Å². The predicted octanol–water partition coefficient (Wildman–Crippen LogP) is 2.31. The molecule has 0 radical (unpaired) electrons. The van der Waals surface area contributed by atoms with Gasteiger partial charge in [-0.2, -0.15) is 0 Å². The first-order chi connectivity index (χ1) is 13.2. The van der Waals surface area contributed by atoms with Crippen molar-refractivity contribution in [3.63, 3.8) is 0 Å². The van der Waals surface area contributed by atoms with Gasteiger partial charge in [0.25, 0.3) is 5.56 Å². The SMILES string of the molecule is COCCn1c(C2CCCN2c2ncc(F)cn2)nc2ccccc2c1=O. The Morgan fingerprint density at radius 3 is 2.81 bits per heavy atom. The first-order valence-electron chi connectivity index (χ1n) is 8.91. The zero-order chi connectivity index (χ0) is 18.8. The summed E-state index contributed by atoms with van der Waals surface area (Å²) >= 11 is 0. The van der Waals surface area contributed by atoms with Gasteiger partial charge in [0.05, 0.1) is 42.5 Å². The van der Waals surface area contributed by atoms with Crippen molar-refractivity contribution in [1.82, 2.24) is 19.5 Å². The van der Waals surface area contributed by atoms with Crippen molar-refractivity contribution in [3.05, 3.63) is 58.7 Å². The number of aromatic nitrogens is 4. The highest BCUT2D eigenvalue weighted by atomic mass is 19.1. The Bertz CT molecular complexity index is 1010. The fraction of sp³-hybridized carbons (Fsp3) is 0.368. The molecule has 3 heterocycles. The van der Waals surface area contributed by atoms with Gasteiger partial charge >= 0.3 is 0 Å². The molecule has 0 saturated carbocycles. The van der Waals surface area contributed by atoms with Crippen molar-refractivity contribution in [2.24, 2.45) is 0 Å². The largest absolute Gasteiger partial charge is 0.383 e. The van der Waals surface area contributed by atoms with Crippen LogP contribution in [0.15, 0.2) is 41.5 Å². The molecular weight excluding hydrogens is 349 g/mol. The van der Waals surface area contributed by atoms with E-state index in [0.717, 1.165) is 31.8 Å². The number of methoxy groups -OCH3 is 1. The third-order valence-electron chi connectivity index (χ3n) is 4.82. The lowest BCUT2D eigenvalue weighted by molar-refractivity contribution is 0.184. The molecule has 4 rings (SSSR count). The Morgan fingerprint density at radius 1 is 1.26 bits per heavy atom. The molecule has 1 saturated heterocycles. The summed E-state index contributed by atoms with van der Waals surface area (Å²) in [6, 6.07) is 7.18. The number of halogens is 1. The summed E-state index contributed by atoms with van der Waals surface area (Å²) in [5.41, 5.74) is 0.581. The maximum atomic E-state index is 13.2. The van der Waals surface area contributed by atoms with Crippen molar-refractivity contribution >= 4 is 16.9 Å². The number of para-hydroxylation sites is 1. The molecule has 1 fully saturated rings. The van der Waals surface area contributed by atoms with Crippen LogP contribution in [0.2, 0.25) is 0 Å². The van der Waals surface area contributed by atoms with Crippen LogP contribution in [0.4, 0.5) is 10.3 Å². The molecule has 0 amide bonds. The van der Waals surface area contributed by atoms with E-state index in [1.165, 1.54) is 0 Å². The van der Waals surface area contributed by atoms with Crippen LogP contribution in [0.5, 0.6) is 0 Å². The summed E-state index contributed by atoms with van der Waals surface area (Å²) in [5.74, 6) is 0.635. The van der Waals surface area contributed by atoms with Gasteiger partial charge in [0.15, 0.2) is 5.82 Å². The van der Waals surface area contributed by atoms with Gasteiger partial charge in [0.2, 0.25) is 5.95 Å². The summed E-state index contributed by atoms with van der Waals surface area (Å²) < 4.78 is 20.1. The van der Waals surface area contributed by atoms with Gasteiger partial charge < -0.3 is 9.64 Å². The minimum absolute atomic E-state index is 0.0838. The number of hydrogen-bond acceptors (Lipinski definition) is 6. The number of nitrogens with zero attached hydrogens (tertiary/aromatic N) is 5. The van der Waals surface area contributed by atoms with Gasteiger partial charge in [-0.3, -0.25) is 9.36 Å². The van der Waals surface area contributed by atoms with Crippen molar-refractivity contribution < 1.29 is 9.13 Å². The van der Waals surface area contributed by atoms with Crippen LogP contribution in [0.1, 0.15) is 24.7 Å². The molecule has 1 aromatic carbocycles. The number of rotatable bonds is 5. The standard InChI is InChI=1S/C19H20FN5O2/c1-27-10-9-25-17(23-15-6-3-2-5-14(15)18(25)26)16-7-4-8-24(16)19-21-11-13(20)12-22-19/h2-3,5-6,11-12,16H,4,7-10H2,1H3. The van der Waals surface area contributed by atoms with Crippen molar-refractivity contribution in [3.8, 4) is 0 Å². The Balaban J connectivity index is 1.83.